The number of hydrogen-bond donors (Lipinski definition) is 1. The Morgan fingerprint density at radius 2 is 1.86 bits per heavy atom. The fraction of sp³-hybridized carbons (Fsp3) is 0.222. The minimum absolute atomic E-state index is 0.191. The summed E-state index contributed by atoms with van der Waals surface area (Å²) < 4.78 is 5.57. The predicted molar refractivity (Wildman–Crippen MR) is 84.4 cm³/mol. The molecule has 1 atom stereocenters. The third-order valence-corrected chi connectivity index (χ3v) is 3.24. The van der Waals surface area contributed by atoms with Gasteiger partial charge in [0.15, 0.2) is 6.10 Å². The number of benzene rings is 2. The van der Waals surface area contributed by atoms with Gasteiger partial charge in [-0.15, -0.1) is 0 Å². The van der Waals surface area contributed by atoms with E-state index in [1.54, 1.807) is 31.2 Å². The highest BCUT2D eigenvalue weighted by Crippen LogP contribution is 2.18. The van der Waals surface area contributed by atoms with Crippen LogP contribution in [-0.2, 0) is 11.2 Å². The number of nitrogens with zero attached hydrogens (tertiary/aromatic N) is 1. The third kappa shape index (κ3) is 4.35. The number of nitrogens with one attached hydrogen (secondary N) is 1. The lowest BCUT2D eigenvalue weighted by molar-refractivity contribution is -0.127. The van der Waals surface area contributed by atoms with E-state index in [-0.39, 0.29) is 5.91 Å². The Kier molecular flexibility index (Phi) is 5.56. The van der Waals surface area contributed by atoms with Gasteiger partial charge in [-0.3, -0.25) is 4.79 Å². The molecule has 4 nitrogen and oxygen atoms in total. The van der Waals surface area contributed by atoms with Crippen molar-refractivity contribution < 1.29 is 9.53 Å². The van der Waals surface area contributed by atoms with Gasteiger partial charge in [0, 0.05) is 6.54 Å². The summed E-state index contributed by atoms with van der Waals surface area (Å²) >= 11 is 0. The molecule has 1 unspecified atom stereocenters. The van der Waals surface area contributed by atoms with Crippen molar-refractivity contribution in [1.29, 1.82) is 5.26 Å². The van der Waals surface area contributed by atoms with Crippen LogP contribution in [0.3, 0.4) is 0 Å². The Morgan fingerprint density at radius 1 is 1.18 bits per heavy atom. The summed E-state index contributed by atoms with van der Waals surface area (Å²) in [7, 11) is 0. The van der Waals surface area contributed by atoms with Crippen LogP contribution in [0.2, 0.25) is 0 Å². The van der Waals surface area contributed by atoms with E-state index in [0.717, 1.165) is 6.42 Å². The van der Waals surface area contributed by atoms with E-state index in [4.69, 9.17) is 10.00 Å². The van der Waals surface area contributed by atoms with Crippen LogP contribution in [0.15, 0.2) is 54.6 Å². The second kappa shape index (κ2) is 7.84. The van der Waals surface area contributed by atoms with Gasteiger partial charge >= 0.3 is 0 Å². The Hall–Kier alpha value is -2.80. The van der Waals surface area contributed by atoms with Crippen LogP contribution >= 0.6 is 0 Å². The zero-order chi connectivity index (χ0) is 15.8. The van der Waals surface area contributed by atoms with Gasteiger partial charge in [-0.25, -0.2) is 0 Å². The second-order valence-corrected chi connectivity index (χ2v) is 4.89. The molecular formula is C18H18N2O2. The zero-order valence-electron chi connectivity index (χ0n) is 12.5. The summed E-state index contributed by atoms with van der Waals surface area (Å²) in [5.41, 5.74) is 1.60. The summed E-state index contributed by atoms with van der Waals surface area (Å²) in [4.78, 5) is 12.0. The second-order valence-electron chi connectivity index (χ2n) is 4.89. The molecule has 0 bridgehead atoms. The molecule has 0 aliphatic rings. The fourth-order valence-corrected chi connectivity index (χ4v) is 2.02. The van der Waals surface area contributed by atoms with Crippen LogP contribution in [-0.4, -0.2) is 18.6 Å². The molecule has 2 aromatic carbocycles. The molecule has 2 rings (SSSR count). The highest BCUT2D eigenvalue weighted by molar-refractivity contribution is 5.80. The summed E-state index contributed by atoms with van der Waals surface area (Å²) in [5, 5.41) is 11.8. The Bertz CT molecular complexity index is 662. The van der Waals surface area contributed by atoms with Crippen LogP contribution in [0, 0.1) is 11.3 Å². The largest absolute Gasteiger partial charge is 0.480 e. The van der Waals surface area contributed by atoms with Crippen molar-refractivity contribution in [2.45, 2.75) is 19.4 Å². The van der Waals surface area contributed by atoms with Gasteiger partial charge < -0.3 is 10.1 Å². The van der Waals surface area contributed by atoms with E-state index in [9.17, 15) is 4.79 Å². The number of hydrogen-bond acceptors (Lipinski definition) is 3. The molecule has 2 aromatic rings. The molecule has 0 spiro atoms. The van der Waals surface area contributed by atoms with Crippen LogP contribution in [0.4, 0.5) is 0 Å². The van der Waals surface area contributed by atoms with Gasteiger partial charge in [0.05, 0.1) is 5.56 Å². The molecule has 0 aliphatic carbocycles. The summed E-state index contributed by atoms with van der Waals surface area (Å²) in [6.07, 6.45) is 0.124. The molecule has 112 valence electrons. The summed E-state index contributed by atoms with van der Waals surface area (Å²) in [5.74, 6) is 0.236. The molecule has 4 heteroatoms. The minimum atomic E-state index is -0.648. The lowest BCUT2D eigenvalue weighted by Gasteiger charge is -2.15. The lowest BCUT2D eigenvalue weighted by atomic mass is 10.1. The zero-order valence-corrected chi connectivity index (χ0v) is 12.5. The molecule has 0 aliphatic heterocycles. The van der Waals surface area contributed by atoms with Gasteiger partial charge in [0.25, 0.3) is 5.91 Å². The van der Waals surface area contributed by atoms with E-state index in [2.05, 4.69) is 5.32 Å². The van der Waals surface area contributed by atoms with E-state index >= 15 is 0 Å². The number of para-hydroxylation sites is 1. The van der Waals surface area contributed by atoms with E-state index in [1.165, 1.54) is 5.56 Å². The molecule has 1 amide bonds. The molecule has 0 aromatic heterocycles. The SMILES string of the molecule is CC(Oc1ccccc1C#N)C(=O)NCCc1ccccc1. The maximum atomic E-state index is 12.0. The average molecular weight is 294 g/mol. The van der Waals surface area contributed by atoms with E-state index in [0.29, 0.717) is 17.9 Å². The average Bonchev–Trinajstić information content (AvgIpc) is 2.56. The standard InChI is InChI=1S/C18H18N2O2/c1-14(22-17-10-6-5-9-16(17)13-19)18(21)20-12-11-15-7-3-2-4-8-15/h2-10,14H,11-12H2,1H3,(H,20,21). The van der Waals surface area contributed by atoms with Crippen molar-refractivity contribution in [3.63, 3.8) is 0 Å². The van der Waals surface area contributed by atoms with Crippen LogP contribution < -0.4 is 10.1 Å². The topological polar surface area (TPSA) is 62.1 Å². The van der Waals surface area contributed by atoms with Crippen molar-refractivity contribution in [3.05, 3.63) is 65.7 Å². The smallest absolute Gasteiger partial charge is 0.260 e. The van der Waals surface area contributed by atoms with Crippen molar-refractivity contribution in [3.8, 4) is 11.8 Å². The molecule has 0 fully saturated rings. The third-order valence-electron chi connectivity index (χ3n) is 3.24. The number of carbonyl (C=O) groups excluding carboxylic acids is 1. The fourth-order valence-electron chi connectivity index (χ4n) is 2.02. The quantitative estimate of drug-likeness (QED) is 0.891. The highest BCUT2D eigenvalue weighted by Gasteiger charge is 2.15. The first-order valence-electron chi connectivity index (χ1n) is 7.18. The van der Waals surface area contributed by atoms with Crippen molar-refractivity contribution >= 4 is 5.91 Å². The molecule has 0 saturated carbocycles. The number of nitriles is 1. The molecule has 22 heavy (non-hydrogen) atoms. The molecule has 1 N–H and O–H groups in total. The predicted octanol–water partition coefficient (Wildman–Crippen LogP) is 2.68. The van der Waals surface area contributed by atoms with Gasteiger partial charge in [0.1, 0.15) is 11.8 Å². The van der Waals surface area contributed by atoms with Crippen LogP contribution in [0.25, 0.3) is 0 Å². The first-order valence-corrected chi connectivity index (χ1v) is 7.18. The molecule has 0 radical (unpaired) electrons. The van der Waals surface area contributed by atoms with Crippen LogP contribution in [0.5, 0.6) is 5.75 Å². The molecular weight excluding hydrogens is 276 g/mol. The molecule has 0 saturated heterocycles. The van der Waals surface area contributed by atoms with Gasteiger partial charge in [-0.05, 0) is 31.0 Å². The van der Waals surface area contributed by atoms with Crippen molar-refractivity contribution in [2.75, 3.05) is 6.54 Å². The Labute approximate surface area is 130 Å². The van der Waals surface area contributed by atoms with Crippen LogP contribution in [0.1, 0.15) is 18.1 Å². The summed E-state index contributed by atoms with van der Waals surface area (Å²) in [6, 6.07) is 18.9. The van der Waals surface area contributed by atoms with Gasteiger partial charge in [0.2, 0.25) is 0 Å². The first-order chi connectivity index (χ1) is 10.7. The minimum Gasteiger partial charge on any atom is -0.480 e. The summed E-state index contributed by atoms with van der Waals surface area (Å²) in [6.45, 7) is 2.22. The number of ether oxygens (including phenoxy) is 1. The number of amides is 1. The monoisotopic (exact) mass is 294 g/mol. The van der Waals surface area contributed by atoms with Crippen molar-refractivity contribution in [2.24, 2.45) is 0 Å². The Morgan fingerprint density at radius 3 is 2.59 bits per heavy atom. The van der Waals surface area contributed by atoms with Gasteiger partial charge in [-0.2, -0.15) is 5.26 Å². The number of rotatable bonds is 6. The normalized spacial score (nSPS) is 11.3. The first kappa shape index (κ1) is 15.6. The van der Waals surface area contributed by atoms with Gasteiger partial charge in [-0.1, -0.05) is 42.5 Å². The van der Waals surface area contributed by atoms with E-state index in [1.807, 2.05) is 36.4 Å². The lowest BCUT2D eigenvalue weighted by Crippen LogP contribution is -2.37. The van der Waals surface area contributed by atoms with E-state index < -0.39 is 6.10 Å². The Balaban J connectivity index is 1.83. The maximum absolute atomic E-state index is 12.0. The maximum Gasteiger partial charge on any atom is 0.260 e. The molecule has 0 heterocycles. The number of carbonyl (C=O) groups is 1. The highest BCUT2D eigenvalue weighted by atomic mass is 16.5. The van der Waals surface area contributed by atoms with Crippen molar-refractivity contribution in [1.82, 2.24) is 5.32 Å².